The smallest absolute Gasteiger partial charge is 0.224 e. The van der Waals surface area contributed by atoms with Crippen LogP contribution in [0.3, 0.4) is 0 Å². The second-order valence-electron chi connectivity index (χ2n) is 7.25. The van der Waals surface area contributed by atoms with E-state index in [1.165, 1.54) is 19.3 Å². The first-order chi connectivity index (χ1) is 12.5. The van der Waals surface area contributed by atoms with Gasteiger partial charge in [0.1, 0.15) is 5.82 Å². The number of pyridine rings is 1. The minimum Gasteiger partial charge on any atom is -0.353 e. The van der Waals surface area contributed by atoms with Crippen molar-refractivity contribution < 1.29 is 0 Å². The first-order valence-electron chi connectivity index (χ1n) is 9.37. The lowest BCUT2D eigenvalue weighted by molar-refractivity contribution is 0.194. The molecule has 0 aromatic carbocycles. The molecule has 1 unspecified atom stereocenters. The maximum atomic E-state index is 6.71. The molecule has 1 aromatic heterocycles. The van der Waals surface area contributed by atoms with Gasteiger partial charge in [-0.2, -0.15) is 4.99 Å². The van der Waals surface area contributed by atoms with Gasteiger partial charge in [-0.1, -0.05) is 25.3 Å². The van der Waals surface area contributed by atoms with E-state index in [4.69, 9.17) is 10.7 Å². The molecule has 1 aliphatic heterocycles. The summed E-state index contributed by atoms with van der Waals surface area (Å²) in [6, 6.07) is 5.71. The normalized spacial score (nSPS) is 23.8. The third-order valence-electron chi connectivity index (χ3n) is 4.81. The third-order valence-corrected chi connectivity index (χ3v) is 4.81. The standard InChI is InChI=1S/C18H30N8/c1-26(2)13-12-21-16-23-17(22-15-10-6-7-11-20-15)25-18(19,24-16)14-8-4-3-5-9-14/h6-7,10-11,14H,3-5,8-9,12-13,19H2,1-2H3,(H3,20,21,22,23,24,25). The van der Waals surface area contributed by atoms with Crippen LogP contribution in [0.2, 0.25) is 0 Å². The van der Waals surface area contributed by atoms with Gasteiger partial charge in [-0.3, -0.25) is 5.73 Å². The Labute approximate surface area is 155 Å². The van der Waals surface area contributed by atoms with Crippen LogP contribution < -0.4 is 21.7 Å². The molecular formula is C18H30N8. The molecule has 5 N–H and O–H groups in total. The molecular weight excluding hydrogens is 328 g/mol. The number of aliphatic imine (C=N–C) groups is 2. The topological polar surface area (TPSA) is 103 Å². The number of guanidine groups is 2. The molecule has 0 radical (unpaired) electrons. The molecule has 1 aromatic rings. The Hall–Kier alpha value is -2.19. The monoisotopic (exact) mass is 358 g/mol. The van der Waals surface area contributed by atoms with Gasteiger partial charge in [-0.05, 0) is 39.1 Å². The van der Waals surface area contributed by atoms with E-state index in [2.05, 4.69) is 30.8 Å². The number of nitrogens with zero attached hydrogens (tertiary/aromatic N) is 4. The van der Waals surface area contributed by atoms with Crippen LogP contribution in [0.5, 0.6) is 0 Å². The molecule has 1 fully saturated rings. The zero-order valence-corrected chi connectivity index (χ0v) is 15.7. The number of likely N-dealkylation sites (N-methyl/N-ethyl adjacent to an activating group) is 1. The summed E-state index contributed by atoms with van der Waals surface area (Å²) < 4.78 is 0. The molecule has 1 aliphatic carbocycles. The fraction of sp³-hybridized carbons (Fsp3) is 0.611. The lowest BCUT2D eigenvalue weighted by Gasteiger charge is -2.39. The summed E-state index contributed by atoms with van der Waals surface area (Å²) >= 11 is 0. The summed E-state index contributed by atoms with van der Waals surface area (Å²) in [6.07, 6.45) is 7.57. The highest BCUT2D eigenvalue weighted by molar-refractivity contribution is 6.03. The quantitative estimate of drug-likeness (QED) is 0.630. The zero-order chi connectivity index (χ0) is 18.4. The van der Waals surface area contributed by atoms with Gasteiger partial charge in [0.05, 0.1) is 0 Å². The first kappa shape index (κ1) is 18.6. The van der Waals surface area contributed by atoms with Crippen LogP contribution in [-0.4, -0.2) is 54.8 Å². The predicted molar refractivity (Wildman–Crippen MR) is 106 cm³/mol. The van der Waals surface area contributed by atoms with Crippen molar-refractivity contribution in [1.82, 2.24) is 20.5 Å². The fourth-order valence-corrected chi connectivity index (χ4v) is 3.38. The van der Waals surface area contributed by atoms with Crippen molar-refractivity contribution in [2.45, 2.75) is 37.9 Å². The molecule has 1 saturated carbocycles. The van der Waals surface area contributed by atoms with Crippen LogP contribution in [0.4, 0.5) is 5.82 Å². The van der Waals surface area contributed by atoms with Gasteiger partial charge in [0.25, 0.3) is 0 Å². The van der Waals surface area contributed by atoms with E-state index in [1.54, 1.807) is 6.20 Å². The highest BCUT2D eigenvalue weighted by Crippen LogP contribution is 2.31. The van der Waals surface area contributed by atoms with Crippen molar-refractivity contribution in [3.63, 3.8) is 0 Å². The highest BCUT2D eigenvalue weighted by Gasteiger charge is 2.39. The van der Waals surface area contributed by atoms with Gasteiger partial charge in [0.15, 0.2) is 5.79 Å². The van der Waals surface area contributed by atoms with Gasteiger partial charge < -0.3 is 20.9 Å². The zero-order valence-electron chi connectivity index (χ0n) is 15.7. The van der Waals surface area contributed by atoms with E-state index in [-0.39, 0.29) is 5.92 Å². The number of nitrogens with one attached hydrogen (secondary N) is 3. The Morgan fingerprint density at radius 3 is 2.77 bits per heavy atom. The second-order valence-corrected chi connectivity index (χ2v) is 7.25. The number of anilines is 1. The number of aromatic nitrogens is 1. The van der Waals surface area contributed by atoms with Crippen LogP contribution in [0, 0.1) is 5.92 Å². The molecule has 26 heavy (non-hydrogen) atoms. The van der Waals surface area contributed by atoms with Crippen molar-refractivity contribution in [3.05, 3.63) is 24.4 Å². The highest BCUT2D eigenvalue weighted by atomic mass is 15.4. The Morgan fingerprint density at radius 2 is 2.08 bits per heavy atom. The molecule has 0 bridgehead atoms. The number of nitrogens with two attached hydrogens (primary N) is 1. The lowest BCUT2D eigenvalue weighted by Crippen LogP contribution is -2.64. The van der Waals surface area contributed by atoms with E-state index in [0.717, 1.165) is 31.7 Å². The fourth-order valence-electron chi connectivity index (χ4n) is 3.38. The van der Waals surface area contributed by atoms with E-state index in [0.29, 0.717) is 11.9 Å². The molecule has 142 valence electrons. The van der Waals surface area contributed by atoms with Crippen molar-refractivity contribution in [3.8, 4) is 0 Å². The summed E-state index contributed by atoms with van der Waals surface area (Å²) in [5, 5.41) is 9.84. The minimum absolute atomic E-state index is 0.290. The van der Waals surface area contributed by atoms with E-state index in [1.807, 2.05) is 32.3 Å². The molecule has 2 heterocycles. The maximum absolute atomic E-state index is 6.71. The summed E-state index contributed by atoms with van der Waals surface area (Å²) in [6.45, 7) is 1.65. The van der Waals surface area contributed by atoms with Crippen LogP contribution in [0.25, 0.3) is 0 Å². The van der Waals surface area contributed by atoms with Gasteiger partial charge in [-0.25, -0.2) is 9.98 Å². The van der Waals surface area contributed by atoms with Gasteiger partial charge >= 0.3 is 0 Å². The maximum Gasteiger partial charge on any atom is 0.224 e. The Kier molecular flexibility index (Phi) is 6.05. The summed E-state index contributed by atoms with van der Waals surface area (Å²) in [4.78, 5) is 15.7. The first-order valence-corrected chi connectivity index (χ1v) is 9.37. The van der Waals surface area contributed by atoms with Crippen molar-refractivity contribution >= 4 is 17.7 Å². The molecule has 1 atom stereocenters. The Bertz CT molecular complexity index is 636. The van der Waals surface area contributed by atoms with Crippen LogP contribution in [0.1, 0.15) is 32.1 Å². The number of hydrogen-bond donors (Lipinski definition) is 4. The largest absolute Gasteiger partial charge is 0.353 e. The predicted octanol–water partition coefficient (Wildman–Crippen LogP) is 1.15. The SMILES string of the molecule is CN(C)CCNC1=NC(N)(C2CCCCC2)NC(Nc2ccccn2)=N1. The van der Waals surface area contributed by atoms with Crippen LogP contribution in [-0.2, 0) is 0 Å². The molecule has 0 amide bonds. The van der Waals surface area contributed by atoms with Crippen LogP contribution >= 0.6 is 0 Å². The molecule has 0 saturated heterocycles. The van der Waals surface area contributed by atoms with E-state index in [9.17, 15) is 0 Å². The molecule has 8 heteroatoms. The third kappa shape index (κ3) is 4.92. The second kappa shape index (κ2) is 8.46. The number of rotatable bonds is 5. The Morgan fingerprint density at radius 1 is 1.27 bits per heavy atom. The summed E-state index contributed by atoms with van der Waals surface area (Å²) in [7, 11) is 4.08. The minimum atomic E-state index is -0.847. The molecule has 0 spiro atoms. The van der Waals surface area contributed by atoms with Gasteiger partial charge in [0.2, 0.25) is 11.9 Å². The molecule has 8 nitrogen and oxygen atoms in total. The van der Waals surface area contributed by atoms with Crippen LogP contribution in [0.15, 0.2) is 34.4 Å². The van der Waals surface area contributed by atoms with Crippen molar-refractivity contribution in [2.24, 2.45) is 21.6 Å². The molecule has 2 aliphatic rings. The average molecular weight is 358 g/mol. The lowest BCUT2D eigenvalue weighted by atomic mass is 9.84. The van der Waals surface area contributed by atoms with E-state index < -0.39 is 5.79 Å². The molecule has 3 rings (SSSR count). The van der Waals surface area contributed by atoms with Gasteiger partial charge in [-0.15, -0.1) is 0 Å². The van der Waals surface area contributed by atoms with E-state index >= 15 is 0 Å². The van der Waals surface area contributed by atoms with Gasteiger partial charge in [0, 0.05) is 25.2 Å². The summed E-state index contributed by atoms with van der Waals surface area (Å²) in [5.41, 5.74) is 6.71. The summed E-state index contributed by atoms with van der Waals surface area (Å²) in [5.74, 6) is 1.31. The van der Waals surface area contributed by atoms with Crippen molar-refractivity contribution in [1.29, 1.82) is 0 Å². The number of hydrogen-bond acceptors (Lipinski definition) is 8. The average Bonchev–Trinajstić information content (AvgIpc) is 2.63. The van der Waals surface area contributed by atoms with Crippen molar-refractivity contribution in [2.75, 3.05) is 32.5 Å². The Balaban J connectivity index is 1.77.